The first kappa shape index (κ1) is 15.0. The summed E-state index contributed by atoms with van der Waals surface area (Å²) < 4.78 is 30.4. The van der Waals surface area contributed by atoms with Crippen LogP contribution in [0.3, 0.4) is 0 Å². The Bertz CT molecular complexity index is 620. The summed E-state index contributed by atoms with van der Waals surface area (Å²) in [7, 11) is -3.54. The average Bonchev–Trinajstić information content (AvgIpc) is 2.73. The van der Waals surface area contributed by atoms with Crippen LogP contribution in [0.5, 0.6) is 0 Å². The van der Waals surface area contributed by atoms with E-state index in [1.807, 2.05) is 6.92 Å². The highest BCUT2D eigenvalue weighted by Crippen LogP contribution is 2.25. The molecule has 1 aromatic carbocycles. The Morgan fingerprint density at radius 1 is 1.40 bits per heavy atom. The minimum absolute atomic E-state index is 0.0202. The van der Waals surface area contributed by atoms with Gasteiger partial charge < -0.3 is 9.84 Å². The number of hydrogen-bond donors (Lipinski definition) is 1. The second-order valence-electron chi connectivity index (χ2n) is 5.16. The van der Waals surface area contributed by atoms with E-state index in [1.54, 1.807) is 0 Å². The van der Waals surface area contributed by atoms with Crippen molar-refractivity contribution < 1.29 is 23.1 Å². The van der Waals surface area contributed by atoms with Gasteiger partial charge in [-0.05, 0) is 44.4 Å². The van der Waals surface area contributed by atoms with Crippen molar-refractivity contribution >= 4 is 15.8 Å². The van der Waals surface area contributed by atoms with Crippen LogP contribution in [-0.2, 0) is 14.6 Å². The van der Waals surface area contributed by atoms with Gasteiger partial charge in [0.2, 0.25) is 0 Å². The van der Waals surface area contributed by atoms with Crippen LogP contribution < -0.4 is 0 Å². The topological polar surface area (TPSA) is 80.7 Å². The molecule has 5 nitrogen and oxygen atoms in total. The van der Waals surface area contributed by atoms with E-state index in [-0.39, 0.29) is 34.0 Å². The molecule has 2 rings (SSSR count). The van der Waals surface area contributed by atoms with Crippen LogP contribution in [0.15, 0.2) is 23.1 Å². The van der Waals surface area contributed by atoms with Crippen LogP contribution in [0.1, 0.15) is 35.7 Å². The minimum Gasteiger partial charge on any atom is -0.478 e. The monoisotopic (exact) mass is 298 g/mol. The number of sulfone groups is 1. The number of carboxylic acid groups (broad SMARTS) is 1. The molecule has 0 aromatic heterocycles. The number of carboxylic acids is 1. The summed E-state index contributed by atoms with van der Waals surface area (Å²) in [4.78, 5) is 11.2. The van der Waals surface area contributed by atoms with Crippen molar-refractivity contribution in [2.45, 2.75) is 43.8 Å². The molecule has 1 aliphatic rings. The lowest BCUT2D eigenvalue weighted by Crippen LogP contribution is -2.22. The third-order valence-corrected chi connectivity index (χ3v) is 5.50. The number of ether oxygens (including phenoxy) is 1. The standard InChI is InChI=1S/C14H18O5S/c1-9-6-7-11(19-9)8-20(17,18)13-5-3-4-12(10(13)2)14(15)16/h3-5,9,11H,6-8H2,1-2H3,(H,15,16). The summed E-state index contributed by atoms with van der Waals surface area (Å²) in [6, 6.07) is 4.32. The normalized spacial score (nSPS) is 22.9. The zero-order chi connectivity index (χ0) is 14.9. The second-order valence-corrected chi connectivity index (χ2v) is 7.16. The molecule has 1 aliphatic heterocycles. The summed E-state index contributed by atoms with van der Waals surface area (Å²) in [5, 5.41) is 9.06. The largest absolute Gasteiger partial charge is 0.478 e. The molecule has 110 valence electrons. The zero-order valence-corrected chi connectivity index (χ0v) is 12.3. The van der Waals surface area contributed by atoms with Gasteiger partial charge in [-0.25, -0.2) is 13.2 Å². The minimum atomic E-state index is -3.54. The molecule has 0 saturated carbocycles. The first-order valence-electron chi connectivity index (χ1n) is 6.52. The van der Waals surface area contributed by atoms with Gasteiger partial charge in [-0.2, -0.15) is 0 Å². The molecular weight excluding hydrogens is 280 g/mol. The molecule has 2 unspecified atom stereocenters. The van der Waals surface area contributed by atoms with Gasteiger partial charge in [0.25, 0.3) is 0 Å². The molecule has 1 N–H and O–H groups in total. The molecule has 0 amide bonds. The lowest BCUT2D eigenvalue weighted by molar-refractivity contribution is 0.0688. The highest BCUT2D eigenvalue weighted by atomic mass is 32.2. The first-order valence-corrected chi connectivity index (χ1v) is 8.17. The van der Waals surface area contributed by atoms with E-state index in [0.29, 0.717) is 0 Å². The van der Waals surface area contributed by atoms with E-state index in [2.05, 4.69) is 0 Å². The van der Waals surface area contributed by atoms with Crippen LogP contribution in [0.2, 0.25) is 0 Å². The first-order chi connectivity index (χ1) is 9.31. The Kier molecular flexibility index (Phi) is 4.15. The van der Waals surface area contributed by atoms with E-state index in [9.17, 15) is 13.2 Å². The Balaban J connectivity index is 2.30. The van der Waals surface area contributed by atoms with Crippen molar-refractivity contribution in [2.75, 3.05) is 5.75 Å². The Hall–Kier alpha value is -1.40. The molecule has 1 aromatic rings. The lowest BCUT2D eigenvalue weighted by Gasteiger charge is -2.14. The molecule has 0 bridgehead atoms. The van der Waals surface area contributed by atoms with Crippen molar-refractivity contribution in [2.24, 2.45) is 0 Å². The molecule has 0 radical (unpaired) electrons. The van der Waals surface area contributed by atoms with Gasteiger partial charge in [-0.1, -0.05) is 6.07 Å². The van der Waals surface area contributed by atoms with Crippen molar-refractivity contribution in [1.29, 1.82) is 0 Å². The van der Waals surface area contributed by atoms with Crippen LogP contribution in [0.25, 0.3) is 0 Å². The van der Waals surface area contributed by atoms with Gasteiger partial charge in [0, 0.05) is 0 Å². The summed E-state index contributed by atoms with van der Waals surface area (Å²) in [5.41, 5.74) is 0.304. The molecule has 1 heterocycles. The van der Waals surface area contributed by atoms with E-state index in [0.717, 1.165) is 12.8 Å². The maximum atomic E-state index is 12.4. The molecule has 6 heteroatoms. The van der Waals surface area contributed by atoms with Gasteiger partial charge in [-0.3, -0.25) is 0 Å². The third-order valence-electron chi connectivity index (χ3n) is 3.57. The third kappa shape index (κ3) is 3.02. The average molecular weight is 298 g/mol. The number of benzene rings is 1. The van der Waals surface area contributed by atoms with E-state index in [1.165, 1.54) is 25.1 Å². The highest BCUT2D eigenvalue weighted by Gasteiger charge is 2.29. The van der Waals surface area contributed by atoms with Crippen molar-refractivity contribution in [3.8, 4) is 0 Å². The second kappa shape index (κ2) is 5.54. The summed E-state index contributed by atoms with van der Waals surface area (Å²) in [6.45, 7) is 3.44. The summed E-state index contributed by atoms with van der Waals surface area (Å²) >= 11 is 0. The van der Waals surface area contributed by atoms with Gasteiger partial charge in [0.05, 0.1) is 28.4 Å². The number of aromatic carboxylic acids is 1. The molecule has 0 spiro atoms. The molecule has 1 saturated heterocycles. The van der Waals surface area contributed by atoms with E-state index >= 15 is 0 Å². The fraction of sp³-hybridized carbons (Fsp3) is 0.500. The predicted molar refractivity (Wildman–Crippen MR) is 73.8 cm³/mol. The number of hydrogen-bond acceptors (Lipinski definition) is 4. The van der Waals surface area contributed by atoms with Gasteiger partial charge in [0.15, 0.2) is 9.84 Å². The SMILES string of the molecule is Cc1c(C(=O)O)cccc1S(=O)(=O)CC1CCC(C)O1. The van der Waals surface area contributed by atoms with Gasteiger partial charge in [0.1, 0.15) is 0 Å². The molecule has 20 heavy (non-hydrogen) atoms. The van der Waals surface area contributed by atoms with Crippen LogP contribution >= 0.6 is 0 Å². The van der Waals surface area contributed by atoms with Gasteiger partial charge >= 0.3 is 5.97 Å². The summed E-state index contributed by atoms with van der Waals surface area (Å²) in [5.74, 6) is -1.22. The fourth-order valence-electron chi connectivity index (χ4n) is 2.53. The van der Waals surface area contributed by atoms with Crippen LogP contribution in [-0.4, -0.2) is 37.5 Å². The quantitative estimate of drug-likeness (QED) is 0.920. The Labute approximate surface area is 118 Å². The molecule has 2 atom stereocenters. The van der Waals surface area contributed by atoms with Gasteiger partial charge in [-0.15, -0.1) is 0 Å². The van der Waals surface area contributed by atoms with E-state index in [4.69, 9.17) is 9.84 Å². The lowest BCUT2D eigenvalue weighted by atomic mass is 10.1. The van der Waals surface area contributed by atoms with Crippen LogP contribution in [0.4, 0.5) is 0 Å². The molecule has 1 fully saturated rings. The predicted octanol–water partition coefficient (Wildman–Crippen LogP) is 2.03. The van der Waals surface area contributed by atoms with Crippen molar-refractivity contribution in [3.05, 3.63) is 29.3 Å². The molecule has 0 aliphatic carbocycles. The Morgan fingerprint density at radius 2 is 2.10 bits per heavy atom. The zero-order valence-electron chi connectivity index (χ0n) is 11.5. The van der Waals surface area contributed by atoms with Crippen LogP contribution in [0, 0.1) is 6.92 Å². The smallest absolute Gasteiger partial charge is 0.335 e. The number of carbonyl (C=O) groups is 1. The Morgan fingerprint density at radius 3 is 2.65 bits per heavy atom. The maximum Gasteiger partial charge on any atom is 0.335 e. The van der Waals surface area contributed by atoms with E-state index < -0.39 is 15.8 Å². The van der Waals surface area contributed by atoms with Crippen molar-refractivity contribution in [3.63, 3.8) is 0 Å². The fourth-order valence-corrected chi connectivity index (χ4v) is 4.30. The van der Waals surface area contributed by atoms with Crippen molar-refractivity contribution in [1.82, 2.24) is 0 Å². The molecular formula is C14H18O5S. The maximum absolute atomic E-state index is 12.4. The number of rotatable bonds is 4. The highest BCUT2D eigenvalue weighted by molar-refractivity contribution is 7.91. The summed E-state index contributed by atoms with van der Waals surface area (Å²) in [6.07, 6.45) is 1.36.